The molecule has 2 aromatic rings. The number of nitrogens with zero attached hydrogens (tertiary/aromatic N) is 2. The third-order valence-corrected chi connectivity index (χ3v) is 8.06. The minimum absolute atomic E-state index is 0.0830. The van der Waals surface area contributed by atoms with E-state index in [9.17, 15) is 18.0 Å². The van der Waals surface area contributed by atoms with Crippen LogP contribution in [0.4, 0.5) is 5.69 Å². The second-order valence-corrected chi connectivity index (χ2v) is 11.7. The van der Waals surface area contributed by atoms with Crippen LogP contribution in [0.25, 0.3) is 0 Å². The minimum atomic E-state index is -3.86. The molecular formula is C29H41N3O6S. The third kappa shape index (κ3) is 8.36. The second-order valence-electron chi connectivity index (χ2n) is 9.81. The van der Waals surface area contributed by atoms with Gasteiger partial charge in [0.25, 0.3) is 0 Å². The van der Waals surface area contributed by atoms with Gasteiger partial charge in [0.15, 0.2) is 0 Å². The highest BCUT2D eigenvalue weighted by Crippen LogP contribution is 2.30. The lowest BCUT2D eigenvalue weighted by atomic mass is 9.95. The maximum atomic E-state index is 14.0. The van der Waals surface area contributed by atoms with Crippen LogP contribution in [-0.4, -0.2) is 63.7 Å². The van der Waals surface area contributed by atoms with Crippen molar-refractivity contribution in [2.24, 2.45) is 0 Å². The molecule has 1 aliphatic rings. The molecule has 2 aromatic carbocycles. The number of ether oxygens (including phenoxy) is 2. The first-order valence-corrected chi connectivity index (χ1v) is 15.4. The van der Waals surface area contributed by atoms with Crippen LogP contribution in [-0.2, 0) is 26.2 Å². The Morgan fingerprint density at radius 2 is 1.77 bits per heavy atom. The molecule has 9 nitrogen and oxygen atoms in total. The number of anilines is 1. The van der Waals surface area contributed by atoms with Gasteiger partial charge in [-0.15, -0.1) is 0 Å². The standard InChI is InChI=1S/C29H41N3O6S/c1-5-25(29(34)30-23-14-8-7-9-15-23)31(20-22-13-12-16-24(19-22)37-3)28(33)21-32(39(4,35)36)26-17-10-11-18-27(26)38-6-2/h10-13,16-19,23,25H,5-9,14-15,20-21H2,1-4H3,(H,30,34)/t25-/m1/s1. The van der Waals surface area contributed by atoms with Crippen molar-refractivity contribution < 1.29 is 27.5 Å². The molecule has 0 aliphatic heterocycles. The SMILES string of the molecule is CCOc1ccccc1N(CC(=O)N(Cc1cccc(OC)c1)[C@H](CC)C(=O)NC1CCCCC1)S(C)(=O)=O. The lowest BCUT2D eigenvalue weighted by Crippen LogP contribution is -2.54. The number of carbonyl (C=O) groups is 2. The second kappa shape index (κ2) is 14.2. The summed E-state index contributed by atoms with van der Waals surface area (Å²) in [6.45, 7) is 3.65. The molecule has 0 unspecified atom stereocenters. The molecule has 1 fully saturated rings. The van der Waals surface area contributed by atoms with Gasteiger partial charge in [0.05, 0.1) is 25.7 Å². The van der Waals surface area contributed by atoms with Crippen molar-refractivity contribution in [2.75, 3.05) is 30.8 Å². The Kier molecular flexibility index (Phi) is 11.0. The van der Waals surface area contributed by atoms with E-state index >= 15 is 0 Å². The van der Waals surface area contributed by atoms with Gasteiger partial charge < -0.3 is 19.7 Å². The highest BCUT2D eigenvalue weighted by molar-refractivity contribution is 7.92. The molecule has 1 atom stereocenters. The predicted octanol–water partition coefficient (Wildman–Crippen LogP) is 4.12. The Labute approximate surface area is 232 Å². The minimum Gasteiger partial charge on any atom is -0.497 e. The van der Waals surface area contributed by atoms with E-state index < -0.39 is 28.5 Å². The lowest BCUT2D eigenvalue weighted by Gasteiger charge is -2.34. The Bertz CT molecular complexity index is 1210. The van der Waals surface area contributed by atoms with Crippen molar-refractivity contribution in [1.29, 1.82) is 0 Å². The zero-order chi connectivity index (χ0) is 28.4. The van der Waals surface area contributed by atoms with E-state index in [-0.39, 0.29) is 24.2 Å². The fourth-order valence-electron chi connectivity index (χ4n) is 4.97. The molecule has 0 bridgehead atoms. The topological polar surface area (TPSA) is 105 Å². The summed E-state index contributed by atoms with van der Waals surface area (Å²) in [5.74, 6) is 0.282. The van der Waals surface area contributed by atoms with Crippen molar-refractivity contribution >= 4 is 27.5 Å². The smallest absolute Gasteiger partial charge is 0.244 e. The summed E-state index contributed by atoms with van der Waals surface area (Å²) in [4.78, 5) is 29.0. The van der Waals surface area contributed by atoms with E-state index in [1.165, 1.54) is 4.90 Å². The van der Waals surface area contributed by atoms with Crippen LogP contribution in [0.2, 0.25) is 0 Å². The van der Waals surface area contributed by atoms with Gasteiger partial charge in [0.1, 0.15) is 24.1 Å². The first-order chi connectivity index (χ1) is 18.7. The number of nitrogens with one attached hydrogen (secondary N) is 1. The molecule has 3 rings (SSSR count). The molecule has 1 saturated carbocycles. The van der Waals surface area contributed by atoms with Crippen LogP contribution < -0.4 is 19.1 Å². The highest BCUT2D eigenvalue weighted by Gasteiger charge is 2.33. The van der Waals surface area contributed by atoms with E-state index in [0.717, 1.165) is 48.2 Å². The van der Waals surface area contributed by atoms with Crippen molar-refractivity contribution in [3.05, 3.63) is 54.1 Å². The molecule has 39 heavy (non-hydrogen) atoms. The van der Waals surface area contributed by atoms with Gasteiger partial charge >= 0.3 is 0 Å². The number of hydrogen-bond acceptors (Lipinski definition) is 6. The van der Waals surface area contributed by atoms with Gasteiger partial charge in [-0.1, -0.05) is 50.5 Å². The summed E-state index contributed by atoms with van der Waals surface area (Å²) in [7, 11) is -2.30. The van der Waals surface area contributed by atoms with E-state index in [0.29, 0.717) is 24.5 Å². The number of carbonyl (C=O) groups excluding carboxylic acids is 2. The number of amides is 2. The fourth-order valence-corrected chi connectivity index (χ4v) is 5.82. The largest absolute Gasteiger partial charge is 0.497 e. The number of benzene rings is 2. The quantitative estimate of drug-likeness (QED) is 0.396. The van der Waals surface area contributed by atoms with Crippen molar-refractivity contribution in [3.63, 3.8) is 0 Å². The first kappa shape index (κ1) is 30.3. The van der Waals surface area contributed by atoms with Crippen LogP contribution in [0.15, 0.2) is 48.5 Å². The van der Waals surface area contributed by atoms with E-state index in [2.05, 4.69) is 5.32 Å². The Hall–Kier alpha value is -3.27. The third-order valence-electron chi connectivity index (χ3n) is 6.94. The molecule has 0 saturated heterocycles. The predicted molar refractivity (Wildman–Crippen MR) is 152 cm³/mol. The molecule has 1 aliphatic carbocycles. The van der Waals surface area contributed by atoms with Crippen molar-refractivity contribution in [1.82, 2.24) is 10.2 Å². The molecule has 0 heterocycles. The zero-order valence-corrected chi connectivity index (χ0v) is 24.2. The van der Waals surface area contributed by atoms with Crippen molar-refractivity contribution in [2.45, 2.75) is 71.0 Å². The van der Waals surface area contributed by atoms with Gasteiger partial charge in [-0.2, -0.15) is 0 Å². The summed E-state index contributed by atoms with van der Waals surface area (Å²) >= 11 is 0. The van der Waals surface area contributed by atoms with Gasteiger partial charge in [0, 0.05) is 12.6 Å². The van der Waals surface area contributed by atoms with Gasteiger partial charge in [-0.25, -0.2) is 8.42 Å². The lowest BCUT2D eigenvalue weighted by molar-refractivity contribution is -0.140. The maximum absolute atomic E-state index is 14.0. The molecule has 1 N–H and O–H groups in total. The van der Waals surface area contributed by atoms with E-state index in [1.807, 2.05) is 25.1 Å². The molecule has 0 aromatic heterocycles. The number of sulfonamides is 1. The summed E-state index contributed by atoms with van der Waals surface area (Å²) in [6, 6.07) is 13.3. The Balaban J connectivity index is 1.96. The molecule has 214 valence electrons. The molecule has 0 spiro atoms. The number of rotatable bonds is 13. The monoisotopic (exact) mass is 559 g/mol. The first-order valence-electron chi connectivity index (χ1n) is 13.6. The number of methoxy groups -OCH3 is 1. The van der Waals surface area contributed by atoms with Crippen molar-refractivity contribution in [3.8, 4) is 11.5 Å². The van der Waals surface area contributed by atoms with Gasteiger partial charge in [-0.05, 0) is 56.0 Å². The van der Waals surface area contributed by atoms with E-state index in [1.54, 1.807) is 44.4 Å². The van der Waals surface area contributed by atoms with Crippen LogP contribution >= 0.6 is 0 Å². The molecule has 10 heteroatoms. The normalized spacial score (nSPS) is 14.8. The summed E-state index contributed by atoms with van der Waals surface area (Å²) in [5.41, 5.74) is 1.04. The van der Waals surface area contributed by atoms with Gasteiger partial charge in [0.2, 0.25) is 21.8 Å². The summed E-state index contributed by atoms with van der Waals surface area (Å²) in [6.07, 6.45) is 6.57. The fraction of sp³-hybridized carbons (Fsp3) is 0.517. The van der Waals surface area contributed by atoms with E-state index in [4.69, 9.17) is 9.47 Å². The molecule has 2 amide bonds. The average molecular weight is 560 g/mol. The summed E-state index contributed by atoms with van der Waals surface area (Å²) < 4.78 is 37.9. The maximum Gasteiger partial charge on any atom is 0.244 e. The van der Waals surface area contributed by atoms with Crippen LogP contribution in [0.1, 0.15) is 57.9 Å². The molecular weight excluding hydrogens is 518 g/mol. The molecule has 0 radical (unpaired) electrons. The zero-order valence-electron chi connectivity index (χ0n) is 23.4. The van der Waals surface area contributed by atoms with Crippen LogP contribution in [0.3, 0.4) is 0 Å². The average Bonchev–Trinajstić information content (AvgIpc) is 2.92. The van der Waals surface area contributed by atoms with Gasteiger partial charge in [-0.3, -0.25) is 13.9 Å². The number of hydrogen-bond donors (Lipinski definition) is 1. The van der Waals surface area contributed by atoms with Crippen LogP contribution in [0.5, 0.6) is 11.5 Å². The van der Waals surface area contributed by atoms with Crippen LogP contribution in [0, 0.1) is 0 Å². The number of para-hydroxylation sites is 2. The Morgan fingerprint density at radius 3 is 2.41 bits per heavy atom. The Morgan fingerprint density at radius 1 is 1.05 bits per heavy atom. The highest BCUT2D eigenvalue weighted by atomic mass is 32.2. The summed E-state index contributed by atoms with van der Waals surface area (Å²) in [5, 5.41) is 3.15.